The third-order valence-corrected chi connectivity index (χ3v) is 1.95. The largest absolute Gasteiger partial charge is 0.389 e. The predicted molar refractivity (Wildman–Crippen MR) is 50.1 cm³/mol. The van der Waals surface area contributed by atoms with Gasteiger partial charge in [-0.2, -0.15) is 13.2 Å². The van der Waals surface area contributed by atoms with Crippen molar-refractivity contribution in [3.05, 3.63) is 29.6 Å². The number of hydrogen-bond donors (Lipinski definition) is 1. The minimum atomic E-state index is -4.30. The zero-order valence-electron chi connectivity index (χ0n) is 8.54. The number of alkyl halides is 3. The third kappa shape index (κ3) is 4.54. The fraction of sp³-hybridized carbons (Fsp3) is 0.400. The molecule has 0 saturated heterocycles. The number of nitrogens with one attached hydrogen (secondary N) is 1. The SMILES string of the molecule is Fc1cc(F)c(F)c(NCCCC(F)(F)F)c1. The topological polar surface area (TPSA) is 12.0 Å². The van der Waals surface area contributed by atoms with Crippen LogP contribution in [0, 0.1) is 17.5 Å². The Bertz CT molecular complexity index is 387. The van der Waals surface area contributed by atoms with Gasteiger partial charge in [0.2, 0.25) is 0 Å². The highest BCUT2D eigenvalue weighted by Gasteiger charge is 2.25. The Morgan fingerprint density at radius 3 is 2.29 bits per heavy atom. The molecular weight excluding hydrogens is 248 g/mol. The lowest BCUT2D eigenvalue weighted by Gasteiger charge is -2.09. The molecule has 0 aromatic heterocycles. The maximum absolute atomic E-state index is 13.0. The highest BCUT2D eigenvalue weighted by atomic mass is 19.4. The molecule has 0 fully saturated rings. The van der Waals surface area contributed by atoms with Crippen LogP contribution in [0.4, 0.5) is 32.0 Å². The normalized spacial score (nSPS) is 11.6. The number of rotatable bonds is 4. The van der Waals surface area contributed by atoms with Crippen molar-refractivity contribution in [2.24, 2.45) is 0 Å². The molecule has 0 aliphatic carbocycles. The van der Waals surface area contributed by atoms with Gasteiger partial charge in [0.1, 0.15) is 5.82 Å². The van der Waals surface area contributed by atoms with Gasteiger partial charge in [-0.3, -0.25) is 0 Å². The Morgan fingerprint density at radius 1 is 1.06 bits per heavy atom. The summed E-state index contributed by atoms with van der Waals surface area (Å²) in [7, 11) is 0. The van der Waals surface area contributed by atoms with Gasteiger partial charge in [0.15, 0.2) is 11.6 Å². The summed E-state index contributed by atoms with van der Waals surface area (Å²) in [5.74, 6) is -3.69. The summed E-state index contributed by atoms with van der Waals surface area (Å²) < 4.78 is 73.7. The molecule has 0 heterocycles. The molecule has 0 unspecified atom stereocenters. The van der Waals surface area contributed by atoms with E-state index in [1.165, 1.54) is 0 Å². The summed E-state index contributed by atoms with van der Waals surface area (Å²) in [4.78, 5) is 0. The quantitative estimate of drug-likeness (QED) is 0.490. The van der Waals surface area contributed by atoms with Crippen LogP contribution in [-0.2, 0) is 0 Å². The van der Waals surface area contributed by atoms with Gasteiger partial charge in [0, 0.05) is 25.1 Å². The van der Waals surface area contributed by atoms with E-state index in [1.807, 2.05) is 0 Å². The van der Waals surface area contributed by atoms with E-state index in [4.69, 9.17) is 0 Å². The molecule has 0 aliphatic rings. The van der Waals surface area contributed by atoms with Crippen molar-refractivity contribution in [1.82, 2.24) is 0 Å². The van der Waals surface area contributed by atoms with Crippen molar-refractivity contribution in [3.8, 4) is 0 Å². The van der Waals surface area contributed by atoms with E-state index in [9.17, 15) is 26.3 Å². The van der Waals surface area contributed by atoms with Crippen LogP contribution in [0.2, 0.25) is 0 Å². The van der Waals surface area contributed by atoms with E-state index in [0.29, 0.717) is 12.1 Å². The minimum absolute atomic E-state index is 0.223. The zero-order chi connectivity index (χ0) is 13.1. The average Bonchev–Trinajstić information content (AvgIpc) is 2.18. The number of hydrogen-bond acceptors (Lipinski definition) is 1. The number of halogens is 6. The summed E-state index contributed by atoms with van der Waals surface area (Å²) >= 11 is 0. The maximum atomic E-state index is 13.0. The van der Waals surface area contributed by atoms with E-state index in [2.05, 4.69) is 5.32 Å². The third-order valence-electron chi connectivity index (χ3n) is 1.95. The van der Waals surface area contributed by atoms with E-state index < -0.39 is 35.7 Å². The van der Waals surface area contributed by atoms with E-state index in [1.54, 1.807) is 0 Å². The zero-order valence-corrected chi connectivity index (χ0v) is 8.54. The molecule has 0 spiro atoms. The molecule has 1 nitrogen and oxygen atoms in total. The van der Waals surface area contributed by atoms with Crippen LogP contribution < -0.4 is 5.32 Å². The van der Waals surface area contributed by atoms with Gasteiger partial charge in [0.05, 0.1) is 5.69 Å². The average molecular weight is 257 g/mol. The van der Waals surface area contributed by atoms with Crippen LogP contribution in [0.1, 0.15) is 12.8 Å². The Labute approximate surface area is 93.4 Å². The van der Waals surface area contributed by atoms with Crippen molar-refractivity contribution in [1.29, 1.82) is 0 Å². The smallest absolute Gasteiger partial charge is 0.383 e. The summed E-state index contributed by atoms with van der Waals surface area (Å²) in [5.41, 5.74) is -0.482. The van der Waals surface area contributed by atoms with Gasteiger partial charge < -0.3 is 5.32 Å². The summed E-state index contributed by atoms with van der Waals surface area (Å²) in [6, 6.07) is 1.04. The lowest BCUT2D eigenvalue weighted by atomic mass is 10.2. The van der Waals surface area contributed by atoms with Gasteiger partial charge >= 0.3 is 6.18 Å². The highest BCUT2D eigenvalue weighted by molar-refractivity contribution is 5.45. The first-order valence-corrected chi connectivity index (χ1v) is 4.75. The minimum Gasteiger partial charge on any atom is -0.383 e. The first kappa shape index (κ1) is 13.7. The summed E-state index contributed by atoms with van der Waals surface area (Å²) in [5, 5.41) is 2.21. The lowest BCUT2D eigenvalue weighted by Crippen LogP contribution is -2.11. The van der Waals surface area contributed by atoms with Crippen molar-refractivity contribution in [3.63, 3.8) is 0 Å². The van der Waals surface area contributed by atoms with Gasteiger partial charge in [-0.25, -0.2) is 13.2 Å². The Morgan fingerprint density at radius 2 is 1.71 bits per heavy atom. The molecule has 1 rings (SSSR count). The molecule has 0 saturated carbocycles. The second-order valence-electron chi connectivity index (χ2n) is 3.39. The standard InChI is InChI=1S/C10H9F6N/c11-6-4-7(12)9(13)8(5-6)17-3-1-2-10(14,15)16/h4-5,17H,1-3H2. The predicted octanol–water partition coefficient (Wildman–Crippen LogP) is 3.86. The first-order chi connectivity index (χ1) is 7.79. The fourth-order valence-electron chi connectivity index (χ4n) is 1.20. The van der Waals surface area contributed by atoms with E-state index in [-0.39, 0.29) is 13.0 Å². The molecular formula is C10H9F6N. The Balaban J connectivity index is 2.52. The molecule has 0 aliphatic heterocycles. The first-order valence-electron chi connectivity index (χ1n) is 4.75. The van der Waals surface area contributed by atoms with E-state index >= 15 is 0 Å². The summed E-state index contributed by atoms with van der Waals surface area (Å²) in [6.45, 7) is -0.223. The van der Waals surface area contributed by atoms with Crippen molar-refractivity contribution in [2.45, 2.75) is 19.0 Å². The second kappa shape index (κ2) is 5.29. The van der Waals surface area contributed by atoms with Gasteiger partial charge in [0.25, 0.3) is 0 Å². The molecule has 0 bridgehead atoms. The molecule has 96 valence electrons. The Hall–Kier alpha value is -1.40. The van der Waals surface area contributed by atoms with Crippen molar-refractivity contribution >= 4 is 5.69 Å². The Kier molecular flexibility index (Phi) is 4.25. The maximum Gasteiger partial charge on any atom is 0.389 e. The molecule has 0 amide bonds. The highest BCUT2D eigenvalue weighted by Crippen LogP contribution is 2.22. The van der Waals surface area contributed by atoms with Crippen LogP contribution in [0.25, 0.3) is 0 Å². The molecule has 7 heteroatoms. The number of benzene rings is 1. The van der Waals surface area contributed by atoms with Crippen LogP contribution in [-0.4, -0.2) is 12.7 Å². The van der Waals surface area contributed by atoms with Gasteiger partial charge in [-0.1, -0.05) is 0 Å². The van der Waals surface area contributed by atoms with Gasteiger partial charge in [-0.05, 0) is 6.42 Å². The monoisotopic (exact) mass is 257 g/mol. The fourth-order valence-corrected chi connectivity index (χ4v) is 1.20. The van der Waals surface area contributed by atoms with Gasteiger partial charge in [-0.15, -0.1) is 0 Å². The van der Waals surface area contributed by atoms with Crippen molar-refractivity contribution in [2.75, 3.05) is 11.9 Å². The molecule has 0 radical (unpaired) electrons. The number of anilines is 1. The molecule has 17 heavy (non-hydrogen) atoms. The molecule has 1 N–H and O–H groups in total. The molecule has 0 atom stereocenters. The molecule has 1 aromatic rings. The van der Waals surface area contributed by atoms with Crippen LogP contribution in [0.5, 0.6) is 0 Å². The summed E-state index contributed by atoms with van der Waals surface area (Å²) in [6.07, 6.45) is -5.64. The van der Waals surface area contributed by atoms with Crippen LogP contribution >= 0.6 is 0 Å². The van der Waals surface area contributed by atoms with E-state index in [0.717, 1.165) is 0 Å². The van der Waals surface area contributed by atoms with Crippen molar-refractivity contribution < 1.29 is 26.3 Å². The van der Waals surface area contributed by atoms with Crippen LogP contribution in [0.15, 0.2) is 12.1 Å². The lowest BCUT2D eigenvalue weighted by molar-refractivity contribution is -0.134. The molecule has 1 aromatic carbocycles. The second-order valence-corrected chi connectivity index (χ2v) is 3.39. The van der Waals surface area contributed by atoms with Crippen LogP contribution in [0.3, 0.4) is 0 Å².